The Kier molecular flexibility index (Phi) is 6.79. The number of methoxy groups -OCH3 is 1. The molecule has 0 radical (unpaired) electrons. The molecule has 0 saturated heterocycles. The van der Waals surface area contributed by atoms with E-state index >= 15 is 0 Å². The van der Waals surface area contributed by atoms with E-state index in [0.717, 1.165) is 30.6 Å². The van der Waals surface area contributed by atoms with Crippen molar-refractivity contribution in [2.45, 2.75) is 31.9 Å². The first-order valence-electron chi connectivity index (χ1n) is 6.31. The van der Waals surface area contributed by atoms with Crippen LogP contribution < -0.4 is 5.32 Å². The molecule has 0 heterocycles. The van der Waals surface area contributed by atoms with Crippen LogP contribution in [0.4, 0.5) is 4.39 Å². The largest absolute Gasteiger partial charge is 0.375 e. The Bertz CT molecular complexity index is 387. The second-order valence-electron chi connectivity index (χ2n) is 5.01. The fourth-order valence-corrected chi connectivity index (χ4v) is 2.43. The summed E-state index contributed by atoms with van der Waals surface area (Å²) < 4.78 is 27.5. The lowest BCUT2D eigenvalue weighted by molar-refractivity contribution is 0.0312. The third-order valence-electron chi connectivity index (χ3n) is 3.04. The molecule has 3 nitrogen and oxygen atoms in total. The number of nitrogens with one attached hydrogen (secondary N) is 1. The minimum atomic E-state index is -0.317. The Morgan fingerprint density at radius 2 is 2.21 bits per heavy atom. The molecule has 0 fully saturated rings. The Labute approximate surface area is 118 Å². The molecule has 108 valence electrons. The van der Waals surface area contributed by atoms with Crippen LogP contribution in [0.25, 0.3) is 0 Å². The van der Waals surface area contributed by atoms with E-state index in [9.17, 15) is 4.39 Å². The van der Waals surface area contributed by atoms with Crippen LogP contribution in [0, 0.1) is 5.82 Å². The van der Waals surface area contributed by atoms with Gasteiger partial charge in [-0.2, -0.15) is 0 Å². The van der Waals surface area contributed by atoms with Gasteiger partial charge in [-0.05, 0) is 56.6 Å². The highest BCUT2D eigenvalue weighted by molar-refractivity contribution is 7.93. The third-order valence-corrected chi connectivity index (χ3v) is 3.51. The highest BCUT2D eigenvalue weighted by Gasteiger charge is 2.30. The Hall–Kier alpha value is -0.620. The molecular weight excluding hydrogens is 265 g/mol. The Morgan fingerprint density at radius 3 is 2.79 bits per heavy atom. The zero-order valence-electron chi connectivity index (χ0n) is 11.6. The first kappa shape index (κ1) is 16.4. The maximum absolute atomic E-state index is 13.3. The van der Waals surface area contributed by atoms with Crippen LogP contribution in [0.2, 0.25) is 0 Å². The number of ether oxygens (including phenoxy) is 1. The molecule has 1 atom stereocenters. The van der Waals surface area contributed by atoms with Crippen LogP contribution in [-0.2, 0) is 4.74 Å². The topological polar surface area (TPSA) is 41.5 Å². The monoisotopic (exact) mass is 287 g/mol. The summed E-state index contributed by atoms with van der Waals surface area (Å²) in [7, 11) is 1.63. The van der Waals surface area contributed by atoms with Crippen molar-refractivity contribution in [2.75, 3.05) is 19.4 Å². The fraction of sp³-hybridized carbons (Fsp3) is 0.571. The van der Waals surface area contributed by atoms with E-state index in [1.807, 2.05) is 19.9 Å². The number of rotatable bonds is 8. The molecule has 2 N–H and O–H groups in total. The lowest BCUT2D eigenvalue weighted by atomic mass is 9.91. The van der Waals surface area contributed by atoms with E-state index in [2.05, 4.69) is 5.32 Å². The first-order chi connectivity index (χ1) is 9.01. The van der Waals surface area contributed by atoms with Gasteiger partial charge >= 0.3 is 0 Å². The minimum Gasteiger partial charge on any atom is -0.375 e. The summed E-state index contributed by atoms with van der Waals surface area (Å²) in [6.07, 6.45) is 0.634. The van der Waals surface area contributed by atoms with Crippen molar-refractivity contribution >= 4 is 12.0 Å². The number of benzene rings is 1. The van der Waals surface area contributed by atoms with Gasteiger partial charge in [-0.15, -0.1) is 0 Å². The number of hydrogen-bond donors (Lipinski definition) is 2. The van der Waals surface area contributed by atoms with Crippen molar-refractivity contribution in [1.82, 2.24) is 5.32 Å². The molecule has 0 aromatic heterocycles. The summed E-state index contributed by atoms with van der Waals surface area (Å²) in [5.41, 5.74) is 0.499. The molecule has 0 saturated carbocycles. The second kappa shape index (κ2) is 7.85. The van der Waals surface area contributed by atoms with E-state index < -0.39 is 0 Å². The summed E-state index contributed by atoms with van der Waals surface area (Å²) >= 11 is 0.844. The molecule has 1 unspecified atom stereocenters. The second-order valence-corrected chi connectivity index (χ2v) is 5.67. The van der Waals surface area contributed by atoms with Gasteiger partial charge in [-0.1, -0.05) is 12.1 Å². The van der Waals surface area contributed by atoms with Gasteiger partial charge in [0.2, 0.25) is 0 Å². The van der Waals surface area contributed by atoms with E-state index in [0.29, 0.717) is 5.75 Å². The summed E-state index contributed by atoms with van der Waals surface area (Å²) in [6.45, 7) is 4.83. The van der Waals surface area contributed by atoms with Crippen molar-refractivity contribution in [3.8, 4) is 0 Å². The molecule has 1 aromatic carbocycles. The van der Waals surface area contributed by atoms with Crippen LogP contribution in [0.5, 0.6) is 0 Å². The van der Waals surface area contributed by atoms with Crippen molar-refractivity contribution in [1.29, 1.82) is 0 Å². The van der Waals surface area contributed by atoms with Crippen molar-refractivity contribution in [3.05, 3.63) is 35.6 Å². The Balaban J connectivity index is 2.71. The maximum Gasteiger partial charge on any atom is 0.123 e. The fourth-order valence-electron chi connectivity index (χ4n) is 2.16. The molecule has 0 bridgehead atoms. The SMILES string of the molecule is COC(c1cccc(F)c1)C(C)(C)NCCCSO. The highest BCUT2D eigenvalue weighted by atomic mass is 32.2. The van der Waals surface area contributed by atoms with Crippen molar-refractivity contribution in [3.63, 3.8) is 0 Å². The summed E-state index contributed by atoms with van der Waals surface area (Å²) in [4.78, 5) is 0. The quantitative estimate of drug-likeness (QED) is 0.567. The van der Waals surface area contributed by atoms with Crippen molar-refractivity contribution < 1.29 is 13.7 Å². The van der Waals surface area contributed by atoms with Crippen LogP contribution in [0.1, 0.15) is 31.9 Å². The molecule has 1 aromatic rings. The van der Waals surface area contributed by atoms with Gasteiger partial charge in [-0.25, -0.2) is 4.39 Å². The third kappa shape index (κ3) is 5.10. The zero-order valence-corrected chi connectivity index (χ0v) is 12.5. The van der Waals surface area contributed by atoms with Crippen LogP contribution >= 0.6 is 12.0 Å². The molecule has 19 heavy (non-hydrogen) atoms. The maximum atomic E-state index is 13.3. The Morgan fingerprint density at radius 1 is 1.47 bits per heavy atom. The highest BCUT2D eigenvalue weighted by Crippen LogP contribution is 2.29. The van der Waals surface area contributed by atoms with Crippen LogP contribution in [0.3, 0.4) is 0 Å². The molecule has 1 rings (SSSR count). The average molecular weight is 287 g/mol. The minimum absolute atomic E-state index is 0.232. The van der Waals surface area contributed by atoms with E-state index in [-0.39, 0.29) is 17.5 Å². The van der Waals surface area contributed by atoms with Gasteiger partial charge in [0.1, 0.15) is 5.82 Å². The zero-order chi connectivity index (χ0) is 14.3. The van der Waals surface area contributed by atoms with Gasteiger partial charge in [0, 0.05) is 18.4 Å². The molecular formula is C14H22FNO2S. The van der Waals surface area contributed by atoms with Crippen molar-refractivity contribution in [2.24, 2.45) is 0 Å². The van der Waals surface area contributed by atoms with E-state index in [1.165, 1.54) is 12.1 Å². The van der Waals surface area contributed by atoms with Gasteiger partial charge < -0.3 is 14.6 Å². The predicted octanol–water partition coefficient (Wildman–Crippen LogP) is 3.48. The lowest BCUT2D eigenvalue weighted by Crippen LogP contribution is -2.46. The van der Waals surface area contributed by atoms with Crippen LogP contribution in [-0.4, -0.2) is 29.5 Å². The van der Waals surface area contributed by atoms with Gasteiger partial charge in [-0.3, -0.25) is 0 Å². The van der Waals surface area contributed by atoms with Gasteiger partial charge in [0.05, 0.1) is 6.10 Å². The molecule has 0 aliphatic carbocycles. The molecule has 0 aliphatic rings. The standard InChI is InChI=1S/C14H22FNO2S/c1-14(2,16-8-5-9-19-17)13(18-3)11-6-4-7-12(15)10-11/h4,6-7,10,13,16-17H,5,8-9H2,1-3H3. The average Bonchev–Trinajstić information content (AvgIpc) is 2.35. The molecule has 0 spiro atoms. The smallest absolute Gasteiger partial charge is 0.123 e. The van der Waals surface area contributed by atoms with Gasteiger partial charge in [0.15, 0.2) is 0 Å². The first-order valence-corrected chi connectivity index (χ1v) is 7.25. The van der Waals surface area contributed by atoms with Gasteiger partial charge in [0.25, 0.3) is 0 Å². The molecule has 5 heteroatoms. The molecule has 0 amide bonds. The predicted molar refractivity (Wildman–Crippen MR) is 77.9 cm³/mol. The number of halogens is 1. The number of hydrogen-bond acceptors (Lipinski definition) is 4. The summed E-state index contributed by atoms with van der Waals surface area (Å²) in [6, 6.07) is 6.48. The van der Waals surface area contributed by atoms with E-state index in [4.69, 9.17) is 9.29 Å². The summed E-state index contributed by atoms with van der Waals surface area (Å²) in [5, 5.41) is 3.39. The normalized spacial score (nSPS) is 13.5. The summed E-state index contributed by atoms with van der Waals surface area (Å²) in [5.74, 6) is 0.438. The molecule has 0 aliphatic heterocycles. The lowest BCUT2D eigenvalue weighted by Gasteiger charge is -2.35. The van der Waals surface area contributed by atoms with Crippen LogP contribution in [0.15, 0.2) is 24.3 Å². The van der Waals surface area contributed by atoms with E-state index in [1.54, 1.807) is 13.2 Å².